The molecular weight excluding hydrogens is 317 g/mol. The first-order valence-corrected chi connectivity index (χ1v) is 7.76. The molecule has 3 atom stereocenters. The molecular formula is C19H33Y-. The van der Waals surface area contributed by atoms with Crippen LogP contribution >= 0.6 is 0 Å². The first-order chi connectivity index (χ1) is 8.88. The van der Waals surface area contributed by atoms with Crippen molar-refractivity contribution < 1.29 is 32.7 Å². The van der Waals surface area contributed by atoms with E-state index < -0.39 is 0 Å². The molecule has 0 aliphatic heterocycles. The predicted octanol–water partition coefficient (Wildman–Crippen LogP) is 6.21. The SMILES string of the molecule is C=[C-]/C=C\C(=C)C(C)CCC(C)C(C)CCC(C)C.[Y]. The van der Waals surface area contributed by atoms with Crippen LogP contribution in [0.5, 0.6) is 0 Å². The number of hydrogen-bond donors (Lipinski definition) is 0. The molecule has 1 heteroatoms. The molecule has 0 aliphatic carbocycles. The van der Waals surface area contributed by atoms with Crippen LogP contribution in [0.3, 0.4) is 0 Å². The minimum absolute atomic E-state index is 0. The molecule has 113 valence electrons. The number of hydrogen-bond acceptors (Lipinski definition) is 0. The summed E-state index contributed by atoms with van der Waals surface area (Å²) in [6.45, 7) is 19.4. The zero-order valence-electron chi connectivity index (χ0n) is 14.3. The van der Waals surface area contributed by atoms with Crippen LogP contribution in [0, 0.1) is 29.7 Å². The molecule has 0 aromatic heterocycles. The maximum atomic E-state index is 4.12. The molecule has 0 rings (SSSR count). The average molecular weight is 350 g/mol. The molecule has 0 N–H and O–H groups in total. The topological polar surface area (TPSA) is 0 Å². The molecule has 0 aliphatic rings. The van der Waals surface area contributed by atoms with E-state index >= 15 is 0 Å². The summed E-state index contributed by atoms with van der Waals surface area (Å²) in [5.41, 5.74) is 1.19. The summed E-state index contributed by atoms with van der Waals surface area (Å²) < 4.78 is 0. The third-order valence-corrected chi connectivity index (χ3v) is 4.27. The molecule has 0 aromatic carbocycles. The van der Waals surface area contributed by atoms with Gasteiger partial charge in [0.25, 0.3) is 0 Å². The van der Waals surface area contributed by atoms with Gasteiger partial charge in [-0.25, -0.2) is 12.2 Å². The summed E-state index contributed by atoms with van der Waals surface area (Å²) in [6.07, 6.45) is 11.9. The standard InChI is InChI=1S/C19H33.Y/c1-8-9-10-16(4)18(6)13-14-19(7)17(5)12-11-15(2)3;/h9-10,15,17-19H,1,4,11-14H2,2-3,5-7H3;/q-1;/b10-9-;. The average Bonchev–Trinajstić information content (AvgIpc) is 2.38. The fourth-order valence-electron chi connectivity index (χ4n) is 2.19. The van der Waals surface area contributed by atoms with Crippen molar-refractivity contribution in [2.45, 2.75) is 60.3 Å². The van der Waals surface area contributed by atoms with E-state index in [1.807, 2.05) is 12.2 Å². The van der Waals surface area contributed by atoms with Gasteiger partial charge in [-0.15, -0.1) is 12.2 Å². The normalized spacial score (nSPS) is 15.7. The van der Waals surface area contributed by atoms with E-state index in [1.165, 1.54) is 31.3 Å². The molecule has 0 heterocycles. The summed E-state index contributed by atoms with van der Waals surface area (Å²) in [5, 5.41) is 0. The van der Waals surface area contributed by atoms with Crippen molar-refractivity contribution in [3.05, 3.63) is 37.0 Å². The van der Waals surface area contributed by atoms with Crippen molar-refractivity contribution in [1.82, 2.24) is 0 Å². The Balaban J connectivity index is 0. The van der Waals surface area contributed by atoms with Crippen molar-refractivity contribution in [3.63, 3.8) is 0 Å². The summed E-state index contributed by atoms with van der Waals surface area (Å²) in [7, 11) is 0. The van der Waals surface area contributed by atoms with Gasteiger partial charge in [0.2, 0.25) is 0 Å². The third-order valence-electron chi connectivity index (χ3n) is 4.27. The number of rotatable bonds is 10. The first kappa shape index (κ1) is 22.6. The molecule has 3 unspecified atom stereocenters. The van der Waals surface area contributed by atoms with E-state index in [0.29, 0.717) is 5.92 Å². The van der Waals surface area contributed by atoms with Gasteiger partial charge < -0.3 is 0 Å². The maximum Gasteiger partial charge on any atom is 0 e. The summed E-state index contributed by atoms with van der Waals surface area (Å²) in [6, 6.07) is 0. The molecule has 0 nitrogen and oxygen atoms in total. The van der Waals surface area contributed by atoms with Crippen LogP contribution in [-0.2, 0) is 32.7 Å². The van der Waals surface area contributed by atoms with Crippen LogP contribution in [0.25, 0.3) is 0 Å². The maximum absolute atomic E-state index is 4.12. The largest absolute Gasteiger partial charge is 0.258 e. The second-order valence-corrected chi connectivity index (χ2v) is 6.52. The zero-order valence-corrected chi connectivity index (χ0v) is 17.1. The first-order valence-electron chi connectivity index (χ1n) is 7.76. The second-order valence-electron chi connectivity index (χ2n) is 6.52. The molecule has 0 amide bonds. The van der Waals surface area contributed by atoms with Gasteiger partial charge in [-0.1, -0.05) is 47.5 Å². The summed E-state index contributed by atoms with van der Waals surface area (Å²) in [5.74, 6) is 3.03. The quantitative estimate of drug-likeness (QED) is 0.324. The Bertz CT molecular complexity index is 288. The summed E-state index contributed by atoms with van der Waals surface area (Å²) >= 11 is 0. The molecule has 0 fully saturated rings. The molecule has 0 saturated heterocycles. The van der Waals surface area contributed by atoms with E-state index in [-0.39, 0.29) is 32.7 Å². The molecule has 20 heavy (non-hydrogen) atoms. The number of allylic oxidation sites excluding steroid dienone is 4. The Labute approximate surface area is 153 Å². The zero-order chi connectivity index (χ0) is 14.8. The smallest absolute Gasteiger partial charge is 0 e. The van der Waals surface area contributed by atoms with Crippen molar-refractivity contribution in [2.75, 3.05) is 0 Å². The van der Waals surface area contributed by atoms with Crippen LogP contribution in [-0.4, -0.2) is 0 Å². The third kappa shape index (κ3) is 11.0. The second kappa shape index (κ2) is 13.0. The Hall–Kier alpha value is 0.324. The van der Waals surface area contributed by atoms with E-state index in [9.17, 15) is 0 Å². The van der Waals surface area contributed by atoms with Crippen LogP contribution < -0.4 is 0 Å². The minimum Gasteiger partial charge on any atom is -0.258 e. The minimum atomic E-state index is 0. The van der Waals surface area contributed by atoms with E-state index in [0.717, 1.165) is 17.8 Å². The molecule has 0 spiro atoms. The Morgan fingerprint density at radius 2 is 1.45 bits per heavy atom. The van der Waals surface area contributed by atoms with Crippen molar-refractivity contribution >= 4 is 0 Å². The molecule has 0 bridgehead atoms. The van der Waals surface area contributed by atoms with E-state index in [1.54, 1.807) is 0 Å². The van der Waals surface area contributed by atoms with Crippen molar-refractivity contribution in [2.24, 2.45) is 23.7 Å². The Morgan fingerprint density at radius 1 is 0.950 bits per heavy atom. The predicted molar refractivity (Wildman–Crippen MR) is 87.9 cm³/mol. The van der Waals surface area contributed by atoms with E-state index in [2.05, 4.69) is 53.9 Å². The van der Waals surface area contributed by atoms with E-state index in [4.69, 9.17) is 0 Å². The Morgan fingerprint density at radius 3 is 1.90 bits per heavy atom. The molecule has 1 radical (unpaired) electrons. The monoisotopic (exact) mass is 350 g/mol. The van der Waals surface area contributed by atoms with Crippen LogP contribution in [0.2, 0.25) is 0 Å². The fraction of sp³-hybridized carbons (Fsp3) is 0.684. The van der Waals surface area contributed by atoms with Crippen LogP contribution in [0.1, 0.15) is 60.3 Å². The molecule has 0 saturated carbocycles. The Kier molecular flexibility index (Phi) is 14.7. The van der Waals surface area contributed by atoms with Gasteiger partial charge in [0.15, 0.2) is 0 Å². The van der Waals surface area contributed by atoms with Crippen LogP contribution in [0.4, 0.5) is 0 Å². The summed E-state index contributed by atoms with van der Waals surface area (Å²) in [4.78, 5) is 0. The molecule has 0 aromatic rings. The van der Waals surface area contributed by atoms with Crippen molar-refractivity contribution in [1.29, 1.82) is 0 Å². The van der Waals surface area contributed by atoms with Gasteiger partial charge in [0, 0.05) is 32.7 Å². The van der Waals surface area contributed by atoms with Crippen LogP contribution in [0.15, 0.2) is 30.9 Å². The van der Waals surface area contributed by atoms with Gasteiger partial charge in [0.05, 0.1) is 0 Å². The van der Waals surface area contributed by atoms with Gasteiger partial charge in [-0.3, -0.25) is 6.08 Å². The fourth-order valence-corrected chi connectivity index (χ4v) is 2.19. The van der Waals surface area contributed by atoms with Gasteiger partial charge in [0.1, 0.15) is 0 Å². The van der Waals surface area contributed by atoms with Crippen molar-refractivity contribution in [3.8, 4) is 0 Å². The van der Waals surface area contributed by atoms with Gasteiger partial charge in [-0.2, -0.15) is 6.58 Å². The van der Waals surface area contributed by atoms with Gasteiger partial charge >= 0.3 is 0 Å². The van der Waals surface area contributed by atoms with Gasteiger partial charge in [-0.05, 0) is 36.5 Å².